The second kappa shape index (κ2) is 10.2. The zero-order valence-corrected chi connectivity index (χ0v) is 20.7. The first-order valence-electron chi connectivity index (χ1n) is 12.4. The Morgan fingerprint density at radius 2 is 1.67 bits per heavy atom. The van der Waals surface area contributed by atoms with Crippen LogP contribution < -0.4 is 9.47 Å². The van der Waals surface area contributed by atoms with Crippen LogP contribution in [0.15, 0.2) is 78.0 Å². The Balaban J connectivity index is 1.23. The third-order valence-corrected chi connectivity index (χ3v) is 7.85. The largest absolute Gasteiger partial charge is 0.454 e. The van der Waals surface area contributed by atoms with E-state index in [-0.39, 0.29) is 18.3 Å². The minimum Gasteiger partial charge on any atom is -0.454 e. The molecule has 0 N–H and O–H groups in total. The summed E-state index contributed by atoms with van der Waals surface area (Å²) in [7, 11) is 0. The average molecular weight is 498 g/mol. The van der Waals surface area contributed by atoms with Gasteiger partial charge < -0.3 is 9.47 Å². The molecule has 1 aromatic heterocycles. The van der Waals surface area contributed by atoms with Crippen molar-refractivity contribution in [3.63, 3.8) is 0 Å². The summed E-state index contributed by atoms with van der Waals surface area (Å²) in [6.07, 6.45) is 6.46. The Hall–Kier alpha value is -3.58. The van der Waals surface area contributed by atoms with Gasteiger partial charge in [0.1, 0.15) is 0 Å². The molecule has 4 aromatic rings. The SMILES string of the molecule is O=C(CSc1nnc(-c2ccc3c(c2)OCO3)n1-c1ccccc1)c1ccc(C2CCCCC2)cc1. The maximum Gasteiger partial charge on any atom is 0.231 e. The maximum atomic E-state index is 13.0. The lowest BCUT2D eigenvalue weighted by molar-refractivity contribution is 0.102. The van der Waals surface area contributed by atoms with Crippen LogP contribution in [0.5, 0.6) is 11.5 Å². The van der Waals surface area contributed by atoms with Gasteiger partial charge in [0.25, 0.3) is 0 Å². The lowest BCUT2D eigenvalue weighted by Crippen LogP contribution is -2.07. The molecule has 182 valence electrons. The van der Waals surface area contributed by atoms with Gasteiger partial charge in [0.2, 0.25) is 6.79 Å². The van der Waals surface area contributed by atoms with Gasteiger partial charge in [-0.2, -0.15) is 0 Å². The molecule has 1 saturated carbocycles. The van der Waals surface area contributed by atoms with E-state index in [9.17, 15) is 4.79 Å². The number of ketones is 1. The number of fused-ring (bicyclic) bond motifs is 1. The number of carbonyl (C=O) groups excluding carboxylic acids is 1. The highest BCUT2D eigenvalue weighted by atomic mass is 32.2. The lowest BCUT2D eigenvalue weighted by atomic mass is 9.84. The van der Waals surface area contributed by atoms with Gasteiger partial charge in [-0.15, -0.1) is 10.2 Å². The quantitative estimate of drug-likeness (QED) is 0.209. The summed E-state index contributed by atoms with van der Waals surface area (Å²) in [5, 5.41) is 9.61. The van der Waals surface area contributed by atoms with Gasteiger partial charge in [0.05, 0.1) is 5.75 Å². The molecule has 2 heterocycles. The molecule has 0 spiro atoms. The highest BCUT2D eigenvalue weighted by molar-refractivity contribution is 7.99. The second-order valence-electron chi connectivity index (χ2n) is 9.21. The van der Waals surface area contributed by atoms with Gasteiger partial charge in [0.15, 0.2) is 28.3 Å². The van der Waals surface area contributed by atoms with Crippen molar-refractivity contribution in [3.8, 4) is 28.6 Å². The van der Waals surface area contributed by atoms with Crippen molar-refractivity contribution in [1.82, 2.24) is 14.8 Å². The number of nitrogens with zero attached hydrogens (tertiary/aromatic N) is 3. The molecule has 6 rings (SSSR count). The predicted octanol–water partition coefficient (Wildman–Crippen LogP) is 6.69. The number of Topliss-reactive ketones (excluding diaryl/α,β-unsaturated/α-hetero) is 1. The van der Waals surface area contributed by atoms with Gasteiger partial charge in [-0.25, -0.2) is 0 Å². The molecule has 0 unspecified atom stereocenters. The van der Waals surface area contributed by atoms with E-state index in [1.54, 1.807) is 0 Å². The van der Waals surface area contributed by atoms with E-state index in [4.69, 9.17) is 9.47 Å². The van der Waals surface area contributed by atoms with Gasteiger partial charge in [-0.05, 0) is 54.7 Å². The Labute approximate surface area is 214 Å². The fourth-order valence-electron chi connectivity index (χ4n) is 4.99. The smallest absolute Gasteiger partial charge is 0.231 e. The normalized spacial score (nSPS) is 15.2. The third kappa shape index (κ3) is 4.63. The van der Waals surface area contributed by atoms with Crippen LogP contribution in [0.4, 0.5) is 0 Å². The van der Waals surface area contributed by atoms with E-state index in [1.807, 2.05) is 65.2 Å². The summed E-state index contributed by atoms with van der Waals surface area (Å²) in [6, 6.07) is 23.9. The van der Waals surface area contributed by atoms with Crippen molar-refractivity contribution in [1.29, 1.82) is 0 Å². The Morgan fingerprint density at radius 3 is 2.47 bits per heavy atom. The first kappa shape index (κ1) is 22.9. The number of hydrogen-bond donors (Lipinski definition) is 0. The van der Waals surface area contributed by atoms with E-state index < -0.39 is 0 Å². The van der Waals surface area contributed by atoms with Crippen LogP contribution in [0.1, 0.15) is 53.9 Å². The van der Waals surface area contributed by atoms with Crippen molar-refractivity contribution < 1.29 is 14.3 Å². The summed E-state index contributed by atoms with van der Waals surface area (Å²) in [5.41, 5.74) is 3.90. The predicted molar refractivity (Wildman–Crippen MR) is 140 cm³/mol. The monoisotopic (exact) mass is 497 g/mol. The molecule has 36 heavy (non-hydrogen) atoms. The van der Waals surface area contributed by atoms with E-state index in [2.05, 4.69) is 22.3 Å². The van der Waals surface area contributed by atoms with Crippen LogP contribution in [-0.2, 0) is 0 Å². The lowest BCUT2D eigenvalue weighted by Gasteiger charge is -2.22. The molecule has 0 radical (unpaired) electrons. The van der Waals surface area contributed by atoms with Crippen molar-refractivity contribution in [2.45, 2.75) is 43.2 Å². The van der Waals surface area contributed by atoms with Gasteiger partial charge in [-0.3, -0.25) is 9.36 Å². The molecule has 0 bridgehead atoms. The average Bonchev–Trinajstić information content (AvgIpc) is 3.59. The van der Waals surface area contributed by atoms with Crippen molar-refractivity contribution >= 4 is 17.5 Å². The molecule has 7 heteroatoms. The minimum atomic E-state index is 0.0856. The third-order valence-electron chi connectivity index (χ3n) is 6.92. The van der Waals surface area contributed by atoms with E-state index in [1.165, 1.54) is 49.4 Å². The molecule has 6 nitrogen and oxygen atoms in total. The number of para-hydroxylation sites is 1. The van der Waals surface area contributed by atoms with Crippen LogP contribution in [-0.4, -0.2) is 33.1 Å². The summed E-state index contributed by atoms with van der Waals surface area (Å²) in [5.74, 6) is 3.11. The fourth-order valence-corrected chi connectivity index (χ4v) is 5.83. The number of hydrogen-bond acceptors (Lipinski definition) is 6. The van der Waals surface area contributed by atoms with Gasteiger partial charge in [0, 0.05) is 16.8 Å². The van der Waals surface area contributed by atoms with Gasteiger partial charge >= 0.3 is 0 Å². The van der Waals surface area contributed by atoms with Crippen molar-refractivity contribution in [2.75, 3.05) is 12.5 Å². The number of aromatic nitrogens is 3. The summed E-state index contributed by atoms with van der Waals surface area (Å²) in [6.45, 7) is 0.217. The number of rotatable bonds is 7. The van der Waals surface area contributed by atoms with Crippen LogP contribution in [0, 0.1) is 0 Å². The van der Waals surface area contributed by atoms with Crippen LogP contribution in [0.2, 0.25) is 0 Å². The topological polar surface area (TPSA) is 66.2 Å². The number of thioether (sulfide) groups is 1. The van der Waals surface area contributed by atoms with Gasteiger partial charge in [-0.1, -0.05) is 73.5 Å². The highest BCUT2D eigenvalue weighted by Gasteiger charge is 2.21. The number of benzene rings is 3. The Bertz CT molecular complexity index is 1360. The molecular weight excluding hydrogens is 470 g/mol. The van der Waals surface area contributed by atoms with E-state index in [0.29, 0.717) is 22.6 Å². The minimum absolute atomic E-state index is 0.0856. The maximum absolute atomic E-state index is 13.0. The first-order chi connectivity index (χ1) is 17.8. The zero-order chi connectivity index (χ0) is 24.3. The molecule has 0 atom stereocenters. The fraction of sp³-hybridized carbons (Fsp3) is 0.276. The van der Waals surface area contributed by atoms with Crippen molar-refractivity contribution in [3.05, 3.63) is 83.9 Å². The molecule has 2 aliphatic rings. The zero-order valence-electron chi connectivity index (χ0n) is 19.9. The standard InChI is InChI=1S/C29H27N3O3S/c33-25(22-13-11-21(12-14-22)20-7-3-1-4-8-20)18-36-29-31-30-28(32(29)24-9-5-2-6-10-24)23-15-16-26-27(17-23)35-19-34-26/h2,5-6,9-17,20H,1,3-4,7-8,18-19H2. The van der Waals surface area contributed by atoms with Crippen LogP contribution >= 0.6 is 11.8 Å². The molecule has 0 saturated heterocycles. The molecule has 1 aliphatic carbocycles. The highest BCUT2D eigenvalue weighted by Crippen LogP contribution is 2.37. The molecule has 1 fully saturated rings. The Kier molecular flexibility index (Phi) is 6.47. The molecule has 0 amide bonds. The first-order valence-corrected chi connectivity index (χ1v) is 13.4. The number of carbonyl (C=O) groups is 1. The Morgan fingerprint density at radius 1 is 0.889 bits per heavy atom. The second-order valence-corrected chi connectivity index (χ2v) is 10.2. The van der Waals surface area contributed by atoms with E-state index in [0.717, 1.165) is 22.6 Å². The van der Waals surface area contributed by atoms with E-state index >= 15 is 0 Å². The van der Waals surface area contributed by atoms with Crippen LogP contribution in [0.3, 0.4) is 0 Å². The number of ether oxygens (including phenoxy) is 2. The molecular formula is C29H27N3O3S. The molecule has 1 aliphatic heterocycles. The molecule has 3 aromatic carbocycles. The summed E-state index contributed by atoms with van der Waals surface area (Å²) >= 11 is 1.40. The van der Waals surface area contributed by atoms with Crippen molar-refractivity contribution in [2.24, 2.45) is 0 Å². The summed E-state index contributed by atoms with van der Waals surface area (Å²) < 4.78 is 13.0. The summed E-state index contributed by atoms with van der Waals surface area (Å²) in [4.78, 5) is 13.0. The van der Waals surface area contributed by atoms with Crippen LogP contribution in [0.25, 0.3) is 17.1 Å².